The van der Waals surface area contributed by atoms with Crippen molar-refractivity contribution in [1.82, 2.24) is 5.32 Å². The zero-order valence-electron chi connectivity index (χ0n) is 9.62. The predicted molar refractivity (Wildman–Crippen MR) is 58.7 cm³/mol. The summed E-state index contributed by atoms with van der Waals surface area (Å²) in [7, 11) is 0. The van der Waals surface area contributed by atoms with Gasteiger partial charge in [0.15, 0.2) is 11.9 Å². The summed E-state index contributed by atoms with van der Waals surface area (Å²) < 4.78 is 4.67. The highest BCUT2D eigenvalue weighted by Crippen LogP contribution is 2.01. The highest BCUT2D eigenvalue weighted by Gasteiger charge is 2.19. The minimum Gasteiger partial charge on any atom is -0.438 e. The third-order valence-electron chi connectivity index (χ3n) is 1.68. The van der Waals surface area contributed by atoms with Crippen LogP contribution in [0.3, 0.4) is 0 Å². The summed E-state index contributed by atoms with van der Waals surface area (Å²) in [4.78, 5) is 33.4. The molecule has 0 aromatic rings. The zero-order chi connectivity index (χ0) is 12.9. The molecule has 5 heteroatoms. The van der Waals surface area contributed by atoms with Crippen LogP contribution in [0.4, 0.5) is 4.79 Å². The van der Waals surface area contributed by atoms with Gasteiger partial charge in [-0.2, -0.15) is 0 Å². The van der Waals surface area contributed by atoms with Crippen LogP contribution in [-0.2, 0) is 14.3 Å². The molecule has 16 heavy (non-hydrogen) atoms. The Morgan fingerprint density at radius 1 is 1.12 bits per heavy atom. The first kappa shape index (κ1) is 14.1. The molecule has 0 aliphatic carbocycles. The third-order valence-corrected chi connectivity index (χ3v) is 1.68. The van der Waals surface area contributed by atoms with Crippen molar-refractivity contribution in [3.63, 3.8) is 0 Å². The number of carbonyl (C=O) groups is 3. The molecule has 0 bridgehead atoms. The second kappa shape index (κ2) is 5.85. The molecule has 5 nitrogen and oxygen atoms in total. The van der Waals surface area contributed by atoms with Gasteiger partial charge in [0.2, 0.25) is 0 Å². The van der Waals surface area contributed by atoms with Crippen LogP contribution in [0.2, 0.25) is 0 Å². The molecule has 0 aliphatic rings. The van der Waals surface area contributed by atoms with Gasteiger partial charge in [-0.15, -0.1) is 0 Å². The lowest BCUT2D eigenvalue weighted by Crippen LogP contribution is -2.35. The summed E-state index contributed by atoms with van der Waals surface area (Å²) in [6.45, 7) is 11.1. The Morgan fingerprint density at radius 3 is 2.00 bits per heavy atom. The molecule has 0 radical (unpaired) electrons. The smallest absolute Gasteiger partial charge is 0.414 e. The highest BCUT2D eigenvalue weighted by molar-refractivity contribution is 6.03. The van der Waals surface area contributed by atoms with Gasteiger partial charge in [-0.3, -0.25) is 14.9 Å². The Morgan fingerprint density at radius 2 is 1.62 bits per heavy atom. The van der Waals surface area contributed by atoms with E-state index >= 15 is 0 Å². The lowest BCUT2D eigenvalue weighted by atomic mass is 10.1. The maximum atomic E-state index is 11.3. The number of ketones is 1. The van der Waals surface area contributed by atoms with E-state index in [9.17, 15) is 14.4 Å². The number of Topliss-reactive ketones (excluding diaryl/α,β-unsaturated/α-hetero) is 1. The van der Waals surface area contributed by atoms with Gasteiger partial charge in [0, 0.05) is 5.57 Å². The maximum Gasteiger partial charge on any atom is 0.414 e. The molecule has 0 rings (SSSR count). The highest BCUT2D eigenvalue weighted by atomic mass is 16.6. The summed E-state index contributed by atoms with van der Waals surface area (Å²) in [5.74, 6) is -1.03. The standard InChI is InChI=1S/C11H15NO4/c1-6(2)9(13)8(5)16-11(15)12-10(14)7(3)4/h8H,1,3H2,2,4-5H3,(H,12,14,15). The van der Waals surface area contributed by atoms with Crippen molar-refractivity contribution < 1.29 is 19.1 Å². The number of hydrogen-bond acceptors (Lipinski definition) is 4. The Labute approximate surface area is 94.2 Å². The van der Waals surface area contributed by atoms with Crippen LogP contribution < -0.4 is 5.32 Å². The average molecular weight is 225 g/mol. The SMILES string of the molecule is C=C(C)C(=O)NC(=O)OC(C)C(=O)C(=C)C. The number of ether oxygens (including phenoxy) is 1. The number of nitrogens with one attached hydrogen (secondary N) is 1. The molecule has 0 fully saturated rings. The third kappa shape index (κ3) is 4.54. The first-order chi connectivity index (χ1) is 7.25. The number of alkyl carbamates (subject to hydrolysis) is 1. The fourth-order valence-electron chi connectivity index (χ4n) is 0.790. The first-order valence-corrected chi connectivity index (χ1v) is 4.63. The molecule has 1 N–H and O–H groups in total. The van der Waals surface area contributed by atoms with Gasteiger partial charge in [0.05, 0.1) is 0 Å². The van der Waals surface area contributed by atoms with Crippen molar-refractivity contribution >= 4 is 17.8 Å². The van der Waals surface area contributed by atoms with Crippen molar-refractivity contribution in [3.8, 4) is 0 Å². The zero-order valence-corrected chi connectivity index (χ0v) is 9.62. The molecular weight excluding hydrogens is 210 g/mol. The normalized spacial score (nSPS) is 11.2. The predicted octanol–water partition coefficient (Wildman–Crippen LogP) is 1.35. The van der Waals surface area contributed by atoms with Crippen LogP contribution >= 0.6 is 0 Å². The molecule has 1 atom stereocenters. The van der Waals surface area contributed by atoms with E-state index in [0.717, 1.165) is 0 Å². The number of amides is 2. The lowest BCUT2D eigenvalue weighted by molar-refractivity contribution is -0.123. The molecule has 0 aromatic carbocycles. The Bertz CT molecular complexity index is 357. The van der Waals surface area contributed by atoms with Crippen LogP contribution in [0.15, 0.2) is 24.3 Å². The minimum atomic E-state index is -0.977. The van der Waals surface area contributed by atoms with Crippen LogP contribution in [0.1, 0.15) is 20.8 Å². The van der Waals surface area contributed by atoms with E-state index in [-0.39, 0.29) is 11.1 Å². The number of hydrogen-bond donors (Lipinski definition) is 1. The summed E-state index contributed by atoms with van der Waals surface area (Å²) in [5, 5.41) is 1.92. The van der Waals surface area contributed by atoms with Gasteiger partial charge in [-0.1, -0.05) is 13.2 Å². The largest absolute Gasteiger partial charge is 0.438 e. The quantitative estimate of drug-likeness (QED) is 0.733. The van der Waals surface area contributed by atoms with E-state index < -0.39 is 23.9 Å². The van der Waals surface area contributed by atoms with E-state index in [2.05, 4.69) is 17.9 Å². The molecule has 0 saturated heterocycles. The molecule has 1 unspecified atom stereocenters. The first-order valence-electron chi connectivity index (χ1n) is 4.63. The van der Waals surface area contributed by atoms with Crippen LogP contribution in [-0.4, -0.2) is 23.9 Å². The van der Waals surface area contributed by atoms with E-state index in [1.54, 1.807) is 0 Å². The fraction of sp³-hybridized carbons (Fsp3) is 0.364. The molecular formula is C11H15NO4. The van der Waals surface area contributed by atoms with Crippen LogP contribution in [0.5, 0.6) is 0 Å². The Balaban J connectivity index is 4.26. The van der Waals surface area contributed by atoms with Crippen molar-refractivity contribution in [1.29, 1.82) is 0 Å². The van der Waals surface area contributed by atoms with E-state index in [0.29, 0.717) is 0 Å². The molecule has 0 saturated carbocycles. The molecule has 88 valence electrons. The Kier molecular flexibility index (Phi) is 5.15. The van der Waals surface area contributed by atoms with Crippen molar-refractivity contribution in [2.45, 2.75) is 26.9 Å². The second-order valence-corrected chi connectivity index (χ2v) is 3.43. The van der Waals surface area contributed by atoms with Crippen molar-refractivity contribution in [2.75, 3.05) is 0 Å². The molecule has 0 aromatic heterocycles. The van der Waals surface area contributed by atoms with Crippen molar-refractivity contribution in [2.24, 2.45) is 0 Å². The summed E-state index contributed by atoms with van der Waals surface area (Å²) in [5.41, 5.74) is 0.461. The lowest BCUT2D eigenvalue weighted by Gasteiger charge is -2.12. The topological polar surface area (TPSA) is 72.5 Å². The van der Waals surface area contributed by atoms with Gasteiger partial charge in [-0.25, -0.2) is 4.79 Å². The maximum absolute atomic E-state index is 11.3. The fourth-order valence-corrected chi connectivity index (χ4v) is 0.790. The van der Waals surface area contributed by atoms with Gasteiger partial charge in [-0.05, 0) is 26.3 Å². The summed E-state index contributed by atoms with van der Waals surface area (Å²) >= 11 is 0. The monoisotopic (exact) mass is 225 g/mol. The van der Waals surface area contributed by atoms with E-state index in [4.69, 9.17) is 0 Å². The number of rotatable bonds is 4. The van der Waals surface area contributed by atoms with E-state index in [1.807, 2.05) is 5.32 Å². The van der Waals surface area contributed by atoms with Crippen molar-refractivity contribution in [3.05, 3.63) is 24.3 Å². The molecule has 2 amide bonds. The molecule has 0 heterocycles. The van der Waals surface area contributed by atoms with Gasteiger partial charge in [0.25, 0.3) is 5.91 Å². The van der Waals surface area contributed by atoms with Gasteiger partial charge in [0.1, 0.15) is 0 Å². The Hall–Kier alpha value is -1.91. The van der Waals surface area contributed by atoms with E-state index in [1.165, 1.54) is 20.8 Å². The van der Waals surface area contributed by atoms with Crippen LogP contribution in [0, 0.1) is 0 Å². The average Bonchev–Trinajstić information content (AvgIpc) is 2.15. The van der Waals surface area contributed by atoms with Gasteiger partial charge < -0.3 is 4.74 Å². The molecule has 0 aliphatic heterocycles. The number of imide groups is 1. The summed E-state index contributed by atoms with van der Waals surface area (Å²) in [6, 6.07) is 0. The van der Waals surface area contributed by atoms with Crippen LogP contribution in [0.25, 0.3) is 0 Å². The second-order valence-electron chi connectivity index (χ2n) is 3.43. The van der Waals surface area contributed by atoms with Gasteiger partial charge >= 0.3 is 6.09 Å². The minimum absolute atomic E-state index is 0.177. The molecule has 0 spiro atoms. The summed E-state index contributed by atoms with van der Waals surface area (Å²) in [6.07, 6.45) is -1.94. The number of carbonyl (C=O) groups excluding carboxylic acids is 3.